The van der Waals surface area contributed by atoms with E-state index < -0.39 is 5.82 Å². The van der Waals surface area contributed by atoms with Gasteiger partial charge < -0.3 is 4.90 Å². The first-order valence-corrected chi connectivity index (χ1v) is 7.81. The fourth-order valence-electron chi connectivity index (χ4n) is 1.71. The normalized spacial score (nSPS) is 10.3. The second-order valence-electron chi connectivity index (χ2n) is 3.99. The van der Waals surface area contributed by atoms with Crippen molar-refractivity contribution in [3.63, 3.8) is 0 Å². The highest BCUT2D eigenvalue weighted by Gasteiger charge is 2.14. The molecule has 0 aliphatic carbocycles. The Labute approximate surface area is 131 Å². The molecule has 1 aromatic heterocycles. The molecule has 98 valence electrons. The number of thiophene rings is 1. The molecule has 0 radical (unpaired) electrons. The topological polar surface area (TPSA) is 27.0 Å². The summed E-state index contributed by atoms with van der Waals surface area (Å²) in [6, 6.07) is 7.20. The molecule has 1 heterocycles. The van der Waals surface area contributed by atoms with Gasteiger partial charge in [0.05, 0.1) is 19.5 Å². The average Bonchev–Trinajstić information content (AvgIpc) is 2.78. The van der Waals surface area contributed by atoms with E-state index in [1.165, 1.54) is 0 Å². The van der Waals surface area contributed by atoms with Crippen LogP contribution in [0.2, 0.25) is 0 Å². The molecule has 0 saturated carbocycles. The first-order valence-electron chi connectivity index (χ1n) is 5.35. The molecule has 0 N–H and O–H groups in total. The standard InChI is InChI=1S/C13H9Br2FN2S/c1-18(6-8-4-11(14)19-7-8)10-3-2-9(5-17)12(15)13(10)16/h2-4,7H,6H2,1H3. The van der Waals surface area contributed by atoms with Crippen LogP contribution in [0.1, 0.15) is 11.1 Å². The van der Waals surface area contributed by atoms with E-state index in [0.717, 1.165) is 9.35 Å². The molecule has 0 unspecified atom stereocenters. The summed E-state index contributed by atoms with van der Waals surface area (Å²) in [4.78, 5) is 1.82. The second kappa shape index (κ2) is 6.04. The lowest BCUT2D eigenvalue weighted by molar-refractivity contribution is 0.615. The van der Waals surface area contributed by atoms with Gasteiger partial charge in [0.15, 0.2) is 5.82 Å². The number of hydrogen-bond acceptors (Lipinski definition) is 3. The third-order valence-corrected chi connectivity index (χ3v) is 4.96. The minimum atomic E-state index is -0.407. The van der Waals surface area contributed by atoms with Crippen LogP contribution in [-0.4, -0.2) is 7.05 Å². The maximum absolute atomic E-state index is 14.2. The molecule has 0 aliphatic heterocycles. The molecule has 19 heavy (non-hydrogen) atoms. The van der Waals surface area contributed by atoms with Crippen molar-refractivity contribution in [1.29, 1.82) is 5.26 Å². The zero-order valence-corrected chi connectivity index (χ0v) is 13.9. The van der Waals surface area contributed by atoms with Crippen LogP contribution in [0.5, 0.6) is 0 Å². The van der Waals surface area contributed by atoms with Crippen LogP contribution < -0.4 is 4.90 Å². The van der Waals surface area contributed by atoms with Crippen LogP contribution in [-0.2, 0) is 6.54 Å². The quantitative estimate of drug-likeness (QED) is 0.727. The lowest BCUT2D eigenvalue weighted by atomic mass is 10.2. The van der Waals surface area contributed by atoms with Crippen LogP contribution in [0.15, 0.2) is 31.8 Å². The van der Waals surface area contributed by atoms with E-state index in [1.807, 2.05) is 29.5 Å². The largest absolute Gasteiger partial charge is 0.368 e. The zero-order valence-electron chi connectivity index (χ0n) is 9.95. The summed E-state index contributed by atoms with van der Waals surface area (Å²) >= 11 is 8.12. The molecular formula is C13H9Br2FN2S. The van der Waals surface area contributed by atoms with Crippen LogP contribution in [0.4, 0.5) is 10.1 Å². The monoisotopic (exact) mass is 402 g/mol. The Bertz CT molecular complexity index is 649. The van der Waals surface area contributed by atoms with Gasteiger partial charge in [0, 0.05) is 13.6 Å². The molecule has 2 nitrogen and oxygen atoms in total. The van der Waals surface area contributed by atoms with Crippen molar-refractivity contribution < 1.29 is 4.39 Å². The molecule has 0 atom stereocenters. The molecule has 6 heteroatoms. The number of anilines is 1. The number of nitriles is 1. The summed E-state index contributed by atoms with van der Waals surface area (Å²) in [6.45, 7) is 0.608. The van der Waals surface area contributed by atoms with Crippen LogP contribution in [0.3, 0.4) is 0 Å². The summed E-state index contributed by atoms with van der Waals surface area (Å²) in [5.41, 5.74) is 1.88. The molecule has 0 fully saturated rings. The smallest absolute Gasteiger partial charge is 0.161 e. The van der Waals surface area contributed by atoms with Gasteiger partial charge in [-0.25, -0.2) is 4.39 Å². The average molecular weight is 404 g/mol. The Morgan fingerprint density at radius 2 is 2.16 bits per heavy atom. The van der Waals surface area contributed by atoms with Gasteiger partial charge in [0.1, 0.15) is 6.07 Å². The van der Waals surface area contributed by atoms with E-state index in [0.29, 0.717) is 17.8 Å². The van der Waals surface area contributed by atoms with Crippen LogP contribution in [0, 0.1) is 17.1 Å². The van der Waals surface area contributed by atoms with E-state index in [-0.39, 0.29) is 4.47 Å². The summed E-state index contributed by atoms with van der Waals surface area (Å²) in [7, 11) is 1.82. The Morgan fingerprint density at radius 1 is 1.42 bits per heavy atom. The third-order valence-electron chi connectivity index (χ3n) is 2.64. The van der Waals surface area contributed by atoms with Gasteiger partial charge in [-0.05, 0) is 61.0 Å². The van der Waals surface area contributed by atoms with Crippen molar-refractivity contribution in [3.05, 3.63) is 48.8 Å². The number of rotatable bonds is 3. The van der Waals surface area contributed by atoms with Gasteiger partial charge in [0.2, 0.25) is 0 Å². The SMILES string of the molecule is CN(Cc1csc(Br)c1)c1ccc(C#N)c(Br)c1F. The summed E-state index contributed by atoms with van der Waals surface area (Å²) in [5.74, 6) is -0.407. The van der Waals surface area contributed by atoms with Crippen molar-refractivity contribution in [2.75, 3.05) is 11.9 Å². The van der Waals surface area contributed by atoms with E-state index in [9.17, 15) is 4.39 Å². The third kappa shape index (κ3) is 3.16. The van der Waals surface area contributed by atoms with Gasteiger partial charge in [-0.3, -0.25) is 0 Å². The lowest BCUT2D eigenvalue weighted by Gasteiger charge is -2.20. The maximum Gasteiger partial charge on any atom is 0.161 e. The Balaban J connectivity index is 2.27. The molecule has 2 aromatic rings. The van der Waals surface area contributed by atoms with Crippen molar-refractivity contribution in [2.24, 2.45) is 0 Å². The maximum atomic E-state index is 14.2. The number of hydrogen-bond donors (Lipinski definition) is 0. The number of benzene rings is 1. The highest BCUT2D eigenvalue weighted by Crippen LogP contribution is 2.30. The Morgan fingerprint density at radius 3 is 2.74 bits per heavy atom. The molecular weight excluding hydrogens is 395 g/mol. The van der Waals surface area contributed by atoms with E-state index in [4.69, 9.17) is 5.26 Å². The molecule has 1 aromatic carbocycles. The van der Waals surface area contributed by atoms with E-state index >= 15 is 0 Å². The molecule has 0 amide bonds. The Hall–Kier alpha value is -0.900. The van der Waals surface area contributed by atoms with Crippen molar-refractivity contribution >= 4 is 48.9 Å². The number of nitrogens with zero attached hydrogens (tertiary/aromatic N) is 2. The fraction of sp³-hybridized carbons (Fsp3) is 0.154. The van der Waals surface area contributed by atoms with E-state index in [2.05, 4.69) is 31.9 Å². The minimum Gasteiger partial charge on any atom is -0.368 e. The molecule has 0 saturated heterocycles. The lowest BCUT2D eigenvalue weighted by Crippen LogP contribution is -2.17. The summed E-state index contributed by atoms with van der Waals surface area (Å²) < 4.78 is 15.4. The summed E-state index contributed by atoms with van der Waals surface area (Å²) in [5, 5.41) is 10.9. The first-order chi connectivity index (χ1) is 9.02. The fourth-order valence-corrected chi connectivity index (χ4v) is 3.33. The highest BCUT2D eigenvalue weighted by atomic mass is 79.9. The molecule has 0 aliphatic rings. The van der Waals surface area contributed by atoms with Crippen LogP contribution in [0.25, 0.3) is 0 Å². The van der Waals surface area contributed by atoms with Gasteiger partial charge in [-0.15, -0.1) is 11.3 Å². The molecule has 2 rings (SSSR count). The van der Waals surface area contributed by atoms with Crippen molar-refractivity contribution in [1.82, 2.24) is 0 Å². The second-order valence-corrected chi connectivity index (χ2v) is 7.07. The first kappa shape index (κ1) is 14.5. The van der Waals surface area contributed by atoms with Crippen molar-refractivity contribution in [3.8, 4) is 6.07 Å². The molecule has 0 bridgehead atoms. The minimum absolute atomic E-state index is 0.214. The highest BCUT2D eigenvalue weighted by molar-refractivity contribution is 9.11. The van der Waals surface area contributed by atoms with Crippen molar-refractivity contribution in [2.45, 2.75) is 6.54 Å². The summed E-state index contributed by atoms with van der Waals surface area (Å²) in [6.07, 6.45) is 0. The predicted octanol–water partition coefficient (Wildman–Crippen LogP) is 4.92. The van der Waals surface area contributed by atoms with Crippen LogP contribution >= 0.6 is 43.2 Å². The van der Waals surface area contributed by atoms with E-state index in [1.54, 1.807) is 23.5 Å². The van der Waals surface area contributed by atoms with Gasteiger partial charge >= 0.3 is 0 Å². The van der Waals surface area contributed by atoms with Gasteiger partial charge in [-0.1, -0.05) is 0 Å². The zero-order chi connectivity index (χ0) is 14.0. The molecule has 0 spiro atoms. The van der Waals surface area contributed by atoms with Gasteiger partial charge in [0.25, 0.3) is 0 Å². The Kier molecular flexibility index (Phi) is 4.61. The number of halogens is 3. The van der Waals surface area contributed by atoms with Gasteiger partial charge in [-0.2, -0.15) is 5.26 Å². The predicted molar refractivity (Wildman–Crippen MR) is 82.9 cm³/mol.